The fourth-order valence-corrected chi connectivity index (χ4v) is 2.42. The predicted octanol–water partition coefficient (Wildman–Crippen LogP) is 3.26. The fourth-order valence-electron chi connectivity index (χ4n) is 2.42. The smallest absolute Gasteiger partial charge is 0.277 e. The van der Waals surface area contributed by atoms with Gasteiger partial charge in [-0.1, -0.05) is 42.0 Å². The zero-order valence-corrected chi connectivity index (χ0v) is 13.4. The quantitative estimate of drug-likeness (QED) is 0.817. The van der Waals surface area contributed by atoms with E-state index in [1.807, 2.05) is 55.5 Å². The summed E-state index contributed by atoms with van der Waals surface area (Å²) in [5.74, 6) is 1.36. The lowest BCUT2D eigenvalue weighted by Crippen LogP contribution is -2.28. The van der Waals surface area contributed by atoms with Crippen LogP contribution in [-0.2, 0) is 4.79 Å². The molecule has 4 heteroatoms. The Morgan fingerprint density at radius 1 is 1.04 bits per heavy atom. The van der Waals surface area contributed by atoms with Crippen molar-refractivity contribution in [3.8, 4) is 5.75 Å². The third-order valence-electron chi connectivity index (χ3n) is 3.80. The predicted molar refractivity (Wildman–Crippen MR) is 91.5 cm³/mol. The van der Waals surface area contributed by atoms with Gasteiger partial charge in [0.1, 0.15) is 17.3 Å². The van der Waals surface area contributed by atoms with Crippen molar-refractivity contribution in [1.29, 1.82) is 0 Å². The zero-order valence-electron chi connectivity index (χ0n) is 13.4. The molecule has 0 aliphatic carbocycles. The Hall–Kier alpha value is -2.88. The van der Waals surface area contributed by atoms with Crippen LogP contribution in [0.4, 0.5) is 0 Å². The molecule has 0 radical (unpaired) electrons. The van der Waals surface area contributed by atoms with Gasteiger partial charge in [0, 0.05) is 12.6 Å². The number of hydrogen-bond donors (Lipinski definition) is 0. The molecule has 4 nitrogen and oxygen atoms in total. The van der Waals surface area contributed by atoms with Gasteiger partial charge < -0.3 is 4.74 Å². The van der Waals surface area contributed by atoms with Gasteiger partial charge in [0.05, 0.1) is 7.11 Å². The number of amidine groups is 1. The molecule has 3 rings (SSSR count). The number of aliphatic imine (C=N–C) groups is 1. The van der Waals surface area contributed by atoms with Crippen LogP contribution < -0.4 is 4.74 Å². The number of carbonyl (C=O) groups is 1. The minimum absolute atomic E-state index is 0.101. The molecule has 0 bridgehead atoms. The van der Waals surface area contributed by atoms with Crippen molar-refractivity contribution >= 4 is 17.8 Å². The summed E-state index contributed by atoms with van der Waals surface area (Å²) in [7, 11) is 3.37. The molecule has 2 aromatic carbocycles. The van der Waals surface area contributed by atoms with Gasteiger partial charge in [-0.25, -0.2) is 4.99 Å². The van der Waals surface area contributed by atoms with E-state index in [4.69, 9.17) is 4.74 Å². The second-order valence-electron chi connectivity index (χ2n) is 5.47. The highest BCUT2D eigenvalue weighted by atomic mass is 16.5. The third-order valence-corrected chi connectivity index (χ3v) is 3.80. The van der Waals surface area contributed by atoms with E-state index in [2.05, 4.69) is 4.99 Å². The number of likely N-dealkylation sites (N-methyl/N-ethyl adjacent to an activating group) is 1. The number of ether oxygens (including phenoxy) is 1. The summed E-state index contributed by atoms with van der Waals surface area (Å²) in [6.07, 6.45) is 1.79. The lowest BCUT2D eigenvalue weighted by atomic mass is 10.1. The molecule has 116 valence electrons. The molecule has 1 aliphatic heterocycles. The van der Waals surface area contributed by atoms with Crippen molar-refractivity contribution in [1.82, 2.24) is 4.90 Å². The van der Waals surface area contributed by atoms with E-state index in [1.54, 1.807) is 25.1 Å². The first-order valence-electron chi connectivity index (χ1n) is 7.38. The van der Waals surface area contributed by atoms with Crippen LogP contribution in [0.5, 0.6) is 5.75 Å². The topological polar surface area (TPSA) is 41.9 Å². The SMILES string of the molecule is COc1ccc(/C=C2\N=C(c3ccc(C)cc3)N(C)C2=O)cc1. The molecule has 0 saturated carbocycles. The number of nitrogens with zero attached hydrogens (tertiary/aromatic N) is 2. The Labute approximate surface area is 135 Å². The minimum atomic E-state index is -0.101. The van der Waals surface area contributed by atoms with Gasteiger partial charge in [0.15, 0.2) is 0 Å². The maximum absolute atomic E-state index is 12.4. The number of hydrogen-bond acceptors (Lipinski definition) is 3. The largest absolute Gasteiger partial charge is 0.497 e. The number of carbonyl (C=O) groups excluding carboxylic acids is 1. The molecule has 0 aromatic heterocycles. The molecular weight excluding hydrogens is 288 g/mol. The van der Waals surface area contributed by atoms with E-state index >= 15 is 0 Å². The highest BCUT2D eigenvalue weighted by molar-refractivity contribution is 6.19. The van der Waals surface area contributed by atoms with Gasteiger partial charge in [0.25, 0.3) is 5.91 Å². The summed E-state index contributed by atoms with van der Waals surface area (Å²) in [5.41, 5.74) is 3.46. The van der Waals surface area contributed by atoms with E-state index in [-0.39, 0.29) is 5.91 Å². The number of amides is 1. The van der Waals surface area contributed by atoms with E-state index in [0.29, 0.717) is 11.5 Å². The van der Waals surface area contributed by atoms with Crippen molar-refractivity contribution in [3.63, 3.8) is 0 Å². The van der Waals surface area contributed by atoms with Crippen LogP contribution in [0.3, 0.4) is 0 Å². The highest BCUT2D eigenvalue weighted by Gasteiger charge is 2.27. The first-order chi connectivity index (χ1) is 11.1. The molecule has 0 atom stereocenters. The van der Waals surface area contributed by atoms with Crippen molar-refractivity contribution in [2.45, 2.75) is 6.92 Å². The first kappa shape index (κ1) is 15.0. The summed E-state index contributed by atoms with van der Waals surface area (Å²) in [4.78, 5) is 18.5. The third kappa shape index (κ3) is 3.01. The van der Waals surface area contributed by atoms with Crippen LogP contribution in [0.15, 0.2) is 59.2 Å². The number of rotatable bonds is 3. The van der Waals surface area contributed by atoms with Crippen molar-refractivity contribution in [2.75, 3.05) is 14.2 Å². The fraction of sp³-hybridized carbons (Fsp3) is 0.158. The maximum atomic E-state index is 12.4. The Morgan fingerprint density at radius 3 is 2.30 bits per heavy atom. The lowest BCUT2D eigenvalue weighted by Gasteiger charge is -2.11. The summed E-state index contributed by atoms with van der Waals surface area (Å²) in [6.45, 7) is 2.03. The van der Waals surface area contributed by atoms with E-state index < -0.39 is 0 Å². The Bertz CT molecular complexity index is 787. The van der Waals surface area contributed by atoms with Crippen molar-refractivity contribution in [3.05, 3.63) is 70.9 Å². The highest BCUT2D eigenvalue weighted by Crippen LogP contribution is 2.22. The van der Waals surface area contributed by atoms with Crippen molar-refractivity contribution in [2.24, 2.45) is 4.99 Å². The summed E-state index contributed by atoms with van der Waals surface area (Å²) in [6, 6.07) is 15.5. The van der Waals surface area contributed by atoms with Crippen LogP contribution >= 0.6 is 0 Å². The normalized spacial score (nSPS) is 16.0. The Kier molecular flexibility index (Phi) is 3.98. The molecule has 2 aromatic rings. The Morgan fingerprint density at radius 2 is 1.70 bits per heavy atom. The first-order valence-corrected chi connectivity index (χ1v) is 7.38. The van der Waals surface area contributed by atoms with Crippen molar-refractivity contribution < 1.29 is 9.53 Å². The molecule has 1 heterocycles. The van der Waals surface area contributed by atoms with E-state index in [1.165, 1.54) is 5.56 Å². The van der Waals surface area contributed by atoms with E-state index in [0.717, 1.165) is 16.9 Å². The molecule has 1 aliphatic rings. The number of benzene rings is 2. The summed E-state index contributed by atoms with van der Waals surface area (Å²) >= 11 is 0. The van der Waals surface area contributed by atoms with Gasteiger partial charge in [-0.05, 0) is 30.7 Å². The summed E-state index contributed by atoms with van der Waals surface area (Å²) in [5, 5.41) is 0. The average Bonchev–Trinajstić information content (AvgIpc) is 2.85. The zero-order chi connectivity index (χ0) is 16.4. The monoisotopic (exact) mass is 306 g/mol. The van der Waals surface area contributed by atoms with Gasteiger partial charge in [0.2, 0.25) is 0 Å². The molecule has 1 amide bonds. The average molecular weight is 306 g/mol. The molecule has 0 spiro atoms. The minimum Gasteiger partial charge on any atom is -0.497 e. The van der Waals surface area contributed by atoms with Gasteiger partial charge in [-0.3, -0.25) is 9.69 Å². The van der Waals surface area contributed by atoms with Gasteiger partial charge >= 0.3 is 0 Å². The standard InChI is InChI=1S/C19H18N2O2/c1-13-4-8-15(9-5-13)18-20-17(19(22)21(18)2)12-14-6-10-16(23-3)11-7-14/h4-12H,1-3H3/b17-12-. The van der Waals surface area contributed by atoms with Crippen LogP contribution in [0, 0.1) is 6.92 Å². The van der Waals surface area contributed by atoms with Crippen LogP contribution in [0.1, 0.15) is 16.7 Å². The van der Waals surface area contributed by atoms with Crippen LogP contribution in [-0.4, -0.2) is 30.8 Å². The maximum Gasteiger partial charge on any atom is 0.277 e. The molecular formula is C19H18N2O2. The van der Waals surface area contributed by atoms with Crippen LogP contribution in [0.25, 0.3) is 6.08 Å². The molecule has 0 fully saturated rings. The number of methoxy groups -OCH3 is 1. The second-order valence-corrected chi connectivity index (χ2v) is 5.47. The lowest BCUT2D eigenvalue weighted by molar-refractivity contribution is -0.121. The molecule has 23 heavy (non-hydrogen) atoms. The molecule has 0 N–H and O–H groups in total. The molecule has 0 saturated heterocycles. The number of aryl methyl sites for hydroxylation is 1. The second kappa shape index (κ2) is 6.08. The van der Waals surface area contributed by atoms with Crippen LogP contribution in [0.2, 0.25) is 0 Å². The molecule has 0 unspecified atom stereocenters. The van der Waals surface area contributed by atoms with Gasteiger partial charge in [-0.15, -0.1) is 0 Å². The van der Waals surface area contributed by atoms with E-state index in [9.17, 15) is 4.79 Å². The Balaban J connectivity index is 1.94. The van der Waals surface area contributed by atoms with Gasteiger partial charge in [-0.2, -0.15) is 0 Å². The summed E-state index contributed by atoms with van der Waals surface area (Å²) < 4.78 is 5.14.